The lowest BCUT2D eigenvalue weighted by atomic mass is 10.2. The van der Waals surface area contributed by atoms with Crippen LogP contribution in [0.25, 0.3) is 0 Å². The Morgan fingerprint density at radius 2 is 1.95 bits per heavy atom. The van der Waals surface area contributed by atoms with Gasteiger partial charge in [-0.15, -0.1) is 0 Å². The normalized spacial score (nSPS) is 9.86. The summed E-state index contributed by atoms with van der Waals surface area (Å²) in [6.07, 6.45) is 0.264. The van der Waals surface area contributed by atoms with Gasteiger partial charge in [-0.25, -0.2) is 0 Å². The second-order valence-corrected chi connectivity index (χ2v) is 5.30. The number of nitrogens with zero attached hydrogens (tertiary/aromatic N) is 1. The van der Waals surface area contributed by atoms with Crippen LogP contribution in [0, 0.1) is 11.3 Å². The molecule has 0 aliphatic carbocycles. The van der Waals surface area contributed by atoms with E-state index in [1.807, 2.05) is 6.07 Å². The van der Waals surface area contributed by atoms with Crippen LogP contribution in [0.1, 0.15) is 12.0 Å². The first-order chi connectivity index (χ1) is 10.6. The predicted molar refractivity (Wildman–Crippen MR) is 89.4 cm³/mol. The third-order valence-electron chi connectivity index (χ3n) is 2.89. The van der Waals surface area contributed by atoms with Gasteiger partial charge >= 0.3 is 0 Å². The molecule has 0 unspecified atom stereocenters. The van der Waals surface area contributed by atoms with Crippen molar-refractivity contribution in [3.05, 3.63) is 58.1 Å². The van der Waals surface area contributed by atoms with Crippen molar-refractivity contribution in [1.29, 1.82) is 5.26 Å². The lowest BCUT2D eigenvalue weighted by Crippen LogP contribution is -2.16. The lowest BCUT2D eigenvalue weighted by molar-refractivity contribution is -0.115. The Kier molecular flexibility index (Phi) is 5.65. The third kappa shape index (κ3) is 4.39. The monoisotopic (exact) mass is 333 g/mol. The van der Waals surface area contributed by atoms with Crippen molar-refractivity contribution in [2.75, 3.05) is 17.2 Å². The van der Waals surface area contributed by atoms with E-state index in [2.05, 4.69) is 10.6 Å². The third-order valence-corrected chi connectivity index (χ3v) is 3.71. The van der Waals surface area contributed by atoms with E-state index in [1.54, 1.807) is 42.5 Å². The first kappa shape index (κ1) is 16.2. The number of carbonyl (C=O) groups is 1. The molecule has 6 heteroatoms. The van der Waals surface area contributed by atoms with Crippen LogP contribution in [-0.2, 0) is 4.79 Å². The van der Waals surface area contributed by atoms with Gasteiger partial charge in [0, 0.05) is 18.7 Å². The van der Waals surface area contributed by atoms with Gasteiger partial charge in [-0.1, -0.05) is 35.3 Å². The second-order valence-electron chi connectivity index (χ2n) is 4.52. The molecule has 0 fully saturated rings. The molecule has 0 atom stereocenters. The van der Waals surface area contributed by atoms with Crippen molar-refractivity contribution in [3.8, 4) is 6.07 Å². The van der Waals surface area contributed by atoms with Crippen LogP contribution in [0.2, 0.25) is 10.0 Å². The number of hydrogen-bond donors (Lipinski definition) is 2. The fraction of sp³-hybridized carbons (Fsp3) is 0.125. The molecule has 4 nitrogen and oxygen atoms in total. The lowest BCUT2D eigenvalue weighted by Gasteiger charge is -2.09. The van der Waals surface area contributed by atoms with Gasteiger partial charge in [0.2, 0.25) is 5.91 Å². The largest absolute Gasteiger partial charge is 0.383 e. The fourth-order valence-corrected chi connectivity index (χ4v) is 2.21. The molecule has 0 aromatic heterocycles. The average molecular weight is 334 g/mol. The van der Waals surface area contributed by atoms with Gasteiger partial charge in [-0.3, -0.25) is 4.79 Å². The summed E-state index contributed by atoms with van der Waals surface area (Å²) in [7, 11) is 0. The molecule has 2 aromatic rings. The van der Waals surface area contributed by atoms with Crippen molar-refractivity contribution in [1.82, 2.24) is 0 Å². The van der Waals surface area contributed by atoms with Gasteiger partial charge in [-0.05, 0) is 30.3 Å². The molecule has 2 rings (SSSR count). The number of anilines is 2. The highest BCUT2D eigenvalue weighted by Gasteiger charge is 2.06. The Bertz CT molecular complexity index is 726. The number of halogens is 2. The average Bonchev–Trinajstić information content (AvgIpc) is 2.51. The molecule has 0 spiro atoms. The summed E-state index contributed by atoms with van der Waals surface area (Å²) in [6, 6.07) is 14.1. The Labute approximate surface area is 138 Å². The van der Waals surface area contributed by atoms with E-state index < -0.39 is 0 Å². The smallest absolute Gasteiger partial charge is 0.226 e. The summed E-state index contributed by atoms with van der Waals surface area (Å²) in [6.45, 7) is 0.420. The van der Waals surface area contributed by atoms with Gasteiger partial charge in [0.15, 0.2) is 0 Å². The Hall–Kier alpha value is -2.22. The minimum atomic E-state index is -0.152. The van der Waals surface area contributed by atoms with Crippen molar-refractivity contribution in [2.24, 2.45) is 0 Å². The molecule has 0 radical (unpaired) electrons. The van der Waals surface area contributed by atoms with E-state index in [9.17, 15) is 4.79 Å². The Morgan fingerprint density at radius 3 is 2.73 bits per heavy atom. The van der Waals surface area contributed by atoms with E-state index in [-0.39, 0.29) is 12.3 Å². The van der Waals surface area contributed by atoms with Crippen LogP contribution in [0.5, 0.6) is 0 Å². The van der Waals surface area contributed by atoms with Gasteiger partial charge in [0.25, 0.3) is 0 Å². The van der Waals surface area contributed by atoms with E-state index in [0.717, 1.165) is 0 Å². The van der Waals surface area contributed by atoms with E-state index in [1.165, 1.54) is 0 Å². The van der Waals surface area contributed by atoms with Crippen LogP contribution in [0.3, 0.4) is 0 Å². The SMILES string of the molecule is N#Cc1cccc(NC(=O)CCNc2cccc(Cl)c2Cl)c1. The summed E-state index contributed by atoms with van der Waals surface area (Å²) in [5.74, 6) is -0.152. The van der Waals surface area contributed by atoms with Crippen molar-refractivity contribution in [3.63, 3.8) is 0 Å². The number of nitriles is 1. The maximum absolute atomic E-state index is 11.9. The Morgan fingerprint density at radius 1 is 1.18 bits per heavy atom. The minimum absolute atomic E-state index is 0.152. The van der Waals surface area contributed by atoms with E-state index in [4.69, 9.17) is 28.5 Å². The molecule has 22 heavy (non-hydrogen) atoms. The number of amides is 1. The van der Waals surface area contributed by atoms with Crippen LogP contribution in [0.15, 0.2) is 42.5 Å². The first-order valence-electron chi connectivity index (χ1n) is 6.58. The zero-order chi connectivity index (χ0) is 15.9. The summed E-state index contributed by atoms with van der Waals surface area (Å²) < 4.78 is 0. The highest BCUT2D eigenvalue weighted by atomic mass is 35.5. The van der Waals surface area contributed by atoms with Crippen LogP contribution in [-0.4, -0.2) is 12.5 Å². The molecular weight excluding hydrogens is 321 g/mol. The van der Waals surface area contributed by atoms with Crippen molar-refractivity contribution < 1.29 is 4.79 Å². The molecule has 2 N–H and O–H groups in total. The molecule has 0 aliphatic rings. The Balaban J connectivity index is 1.85. The number of nitrogens with one attached hydrogen (secondary N) is 2. The standard InChI is InChI=1S/C16H13Cl2N3O/c17-13-5-2-6-14(16(13)18)20-8-7-15(22)21-12-4-1-3-11(9-12)10-19/h1-6,9,20H,7-8H2,(H,21,22). The fourth-order valence-electron chi connectivity index (χ4n) is 1.84. The molecule has 2 aromatic carbocycles. The number of carbonyl (C=O) groups excluding carboxylic acids is 1. The molecule has 0 saturated heterocycles. The summed E-state index contributed by atoms with van der Waals surface area (Å²) in [4.78, 5) is 11.9. The van der Waals surface area contributed by atoms with Gasteiger partial charge in [0.1, 0.15) is 0 Å². The second kappa shape index (κ2) is 7.69. The summed E-state index contributed by atoms with van der Waals surface area (Å²) in [5.41, 5.74) is 1.79. The molecule has 112 valence electrons. The van der Waals surface area contributed by atoms with Gasteiger partial charge in [0.05, 0.1) is 27.4 Å². The van der Waals surface area contributed by atoms with Crippen molar-refractivity contribution in [2.45, 2.75) is 6.42 Å². The zero-order valence-corrected chi connectivity index (χ0v) is 13.1. The number of benzene rings is 2. The molecular formula is C16H13Cl2N3O. The van der Waals surface area contributed by atoms with Crippen LogP contribution < -0.4 is 10.6 Å². The molecule has 1 amide bonds. The molecule has 0 bridgehead atoms. The van der Waals surface area contributed by atoms with E-state index >= 15 is 0 Å². The van der Waals surface area contributed by atoms with E-state index in [0.29, 0.717) is 33.5 Å². The van der Waals surface area contributed by atoms with Crippen LogP contribution >= 0.6 is 23.2 Å². The van der Waals surface area contributed by atoms with Crippen LogP contribution in [0.4, 0.5) is 11.4 Å². The van der Waals surface area contributed by atoms with Gasteiger partial charge < -0.3 is 10.6 Å². The highest BCUT2D eigenvalue weighted by molar-refractivity contribution is 6.43. The summed E-state index contributed by atoms with van der Waals surface area (Å²) >= 11 is 12.0. The zero-order valence-electron chi connectivity index (χ0n) is 11.6. The quantitative estimate of drug-likeness (QED) is 0.856. The maximum atomic E-state index is 11.9. The molecule has 0 heterocycles. The highest BCUT2D eigenvalue weighted by Crippen LogP contribution is 2.29. The maximum Gasteiger partial charge on any atom is 0.226 e. The number of hydrogen-bond acceptors (Lipinski definition) is 3. The van der Waals surface area contributed by atoms with Gasteiger partial charge in [-0.2, -0.15) is 5.26 Å². The summed E-state index contributed by atoms with van der Waals surface area (Å²) in [5, 5.41) is 15.5. The van der Waals surface area contributed by atoms with Crippen molar-refractivity contribution >= 4 is 40.5 Å². The minimum Gasteiger partial charge on any atom is -0.383 e. The molecule has 0 saturated carbocycles. The predicted octanol–water partition coefficient (Wildman–Crippen LogP) is 4.31. The number of rotatable bonds is 5. The molecule has 0 aliphatic heterocycles. The first-order valence-corrected chi connectivity index (χ1v) is 7.33. The topological polar surface area (TPSA) is 64.9 Å².